The van der Waals surface area contributed by atoms with Gasteiger partial charge in [-0.3, -0.25) is 4.79 Å². The number of rotatable bonds is 3. The monoisotopic (exact) mass is 373 g/mol. The molecular weight excluding hydrogens is 352 g/mol. The molecule has 0 N–H and O–H groups in total. The lowest BCUT2D eigenvalue weighted by Gasteiger charge is -2.35. The first-order chi connectivity index (χ1) is 11.2. The Labute approximate surface area is 146 Å². The van der Waals surface area contributed by atoms with Crippen molar-refractivity contribution in [1.82, 2.24) is 4.90 Å². The molecule has 1 atom stereocenters. The summed E-state index contributed by atoms with van der Waals surface area (Å²) >= 11 is 3.51. The summed E-state index contributed by atoms with van der Waals surface area (Å²) in [7, 11) is 0. The van der Waals surface area contributed by atoms with Crippen LogP contribution in [-0.4, -0.2) is 17.4 Å². The van der Waals surface area contributed by atoms with Gasteiger partial charge in [0.1, 0.15) is 6.54 Å². The SMILES string of the molecule is CC[n+]1cccc([C@H]2CCCCN2C(=O)c2ccccc2Br)c1. The van der Waals surface area contributed by atoms with E-state index in [1.54, 1.807) is 0 Å². The molecule has 0 spiro atoms. The van der Waals surface area contributed by atoms with Gasteiger partial charge in [-0.2, -0.15) is 0 Å². The third kappa shape index (κ3) is 3.47. The summed E-state index contributed by atoms with van der Waals surface area (Å²) in [5, 5.41) is 0. The molecule has 23 heavy (non-hydrogen) atoms. The van der Waals surface area contributed by atoms with Crippen molar-refractivity contribution in [1.29, 1.82) is 0 Å². The van der Waals surface area contributed by atoms with Crippen molar-refractivity contribution >= 4 is 21.8 Å². The Kier molecular flexibility index (Phi) is 5.11. The topological polar surface area (TPSA) is 24.2 Å². The number of carbonyl (C=O) groups is 1. The number of likely N-dealkylation sites (tertiary alicyclic amines) is 1. The Morgan fingerprint density at radius 3 is 2.87 bits per heavy atom. The van der Waals surface area contributed by atoms with Crippen molar-refractivity contribution in [2.24, 2.45) is 0 Å². The summed E-state index contributed by atoms with van der Waals surface area (Å²) in [6.45, 7) is 3.90. The van der Waals surface area contributed by atoms with Crippen LogP contribution in [0.15, 0.2) is 53.3 Å². The lowest BCUT2D eigenvalue weighted by molar-refractivity contribution is -0.694. The predicted molar refractivity (Wildman–Crippen MR) is 94.1 cm³/mol. The number of nitrogens with zero attached hydrogens (tertiary/aromatic N) is 2. The van der Waals surface area contributed by atoms with E-state index in [1.807, 2.05) is 29.2 Å². The Morgan fingerprint density at radius 2 is 2.09 bits per heavy atom. The highest BCUT2D eigenvalue weighted by Gasteiger charge is 2.30. The molecule has 1 aliphatic rings. The largest absolute Gasteiger partial charge is 0.331 e. The molecule has 0 saturated carbocycles. The number of aryl methyl sites for hydroxylation is 1. The van der Waals surface area contributed by atoms with Gasteiger partial charge in [-0.25, -0.2) is 4.57 Å². The lowest BCUT2D eigenvalue weighted by Crippen LogP contribution is -2.40. The molecule has 1 amide bonds. The summed E-state index contributed by atoms with van der Waals surface area (Å²) in [5.74, 6) is 0.120. The zero-order valence-corrected chi connectivity index (χ0v) is 15.0. The van der Waals surface area contributed by atoms with Crippen LogP contribution in [0.2, 0.25) is 0 Å². The van der Waals surface area contributed by atoms with Crippen molar-refractivity contribution in [3.8, 4) is 0 Å². The van der Waals surface area contributed by atoms with Gasteiger partial charge in [0.05, 0.1) is 11.6 Å². The first kappa shape index (κ1) is 16.2. The van der Waals surface area contributed by atoms with E-state index >= 15 is 0 Å². The quantitative estimate of drug-likeness (QED) is 0.742. The van der Waals surface area contributed by atoms with Gasteiger partial charge in [-0.1, -0.05) is 12.1 Å². The number of benzene rings is 1. The second kappa shape index (κ2) is 7.26. The Balaban J connectivity index is 1.92. The highest BCUT2D eigenvalue weighted by molar-refractivity contribution is 9.10. The molecule has 1 saturated heterocycles. The van der Waals surface area contributed by atoms with E-state index in [-0.39, 0.29) is 11.9 Å². The predicted octanol–water partition coefficient (Wildman–Crippen LogP) is 4.12. The van der Waals surface area contributed by atoms with E-state index in [9.17, 15) is 4.79 Å². The molecule has 1 aromatic carbocycles. The van der Waals surface area contributed by atoms with Crippen molar-refractivity contribution in [2.45, 2.75) is 38.8 Å². The van der Waals surface area contributed by atoms with Gasteiger partial charge < -0.3 is 4.90 Å². The van der Waals surface area contributed by atoms with Crippen LogP contribution in [0.4, 0.5) is 0 Å². The molecule has 3 nitrogen and oxygen atoms in total. The molecule has 0 radical (unpaired) electrons. The molecular formula is C19H22BrN2O+. The normalized spacial score (nSPS) is 18.0. The molecule has 2 aromatic rings. The standard InChI is InChI=1S/C19H22BrN2O/c1-2-21-12-7-8-15(14-21)18-11-5-6-13-22(18)19(23)16-9-3-4-10-17(16)20/h3-4,7-10,12,14,18H,2,5-6,11,13H2,1H3/q+1/t18-/m1/s1. The summed E-state index contributed by atoms with van der Waals surface area (Å²) in [6.07, 6.45) is 7.53. The van der Waals surface area contributed by atoms with Gasteiger partial charge in [-0.15, -0.1) is 0 Å². The van der Waals surface area contributed by atoms with Crippen LogP contribution in [0.25, 0.3) is 0 Å². The number of halogens is 1. The lowest BCUT2D eigenvalue weighted by atomic mass is 9.95. The van der Waals surface area contributed by atoms with Gasteiger partial charge in [0.15, 0.2) is 12.4 Å². The zero-order valence-electron chi connectivity index (χ0n) is 13.4. The summed E-state index contributed by atoms with van der Waals surface area (Å²) in [6, 6.07) is 12.1. The highest BCUT2D eigenvalue weighted by Crippen LogP contribution is 2.32. The molecule has 1 aromatic heterocycles. The second-order valence-electron chi connectivity index (χ2n) is 5.96. The molecule has 1 fully saturated rings. The third-order valence-corrected chi connectivity index (χ3v) is 5.19. The molecule has 0 unspecified atom stereocenters. The van der Waals surface area contributed by atoms with Crippen molar-refractivity contribution in [3.05, 3.63) is 64.4 Å². The number of piperidine rings is 1. The molecule has 1 aliphatic heterocycles. The van der Waals surface area contributed by atoms with Gasteiger partial charge in [0, 0.05) is 22.6 Å². The smallest absolute Gasteiger partial charge is 0.255 e. The third-order valence-electron chi connectivity index (χ3n) is 4.50. The average Bonchev–Trinajstić information content (AvgIpc) is 2.61. The number of hydrogen-bond acceptors (Lipinski definition) is 1. The van der Waals surface area contributed by atoms with E-state index in [4.69, 9.17) is 0 Å². The van der Waals surface area contributed by atoms with Crippen LogP contribution < -0.4 is 4.57 Å². The minimum absolute atomic E-state index is 0.120. The maximum Gasteiger partial charge on any atom is 0.255 e. The van der Waals surface area contributed by atoms with Gasteiger partial charge in [-0.05, 0) is 60.3 Å². The fraction of sp³-hybridized carbons (Fsp3) is 0.368. The summed E-state index contributed by atoms with van der Waals surface area (Å²) in [4.78, 5) is 15.1. The van der Waals surface area contributed by atoms with Gasteiger partial charge in [0.25, 0.3) is 5.91 Å². The number of aromatic nitrogens is 1. The summed E-state index contributed by atoms with van der Waals surface area (Å²) in [5.41, 5.74) is 1.98. The first-order valence-electron chi connectivity index (χ1n) is 8.25. The molecule has 3 rings (SSSR count). The average molecular weight is 374 g/mol. The zero-order chi connectivity index (χ0) is 16.2. The maximum atomic E-state index is 13.0. The Bertz CT molecular complexity index is 701. The molecule has 4 heteroatoms. The number of carbonyl (C=O) groups excluding carboxylic acids is 1. The van der Waals surface area contributed by atoms with E-state index in [0.717, 1.165) is 36.0 Å². The molecule has 0 aliphatic carbocycles. The van der Waals surface area contributed by atoms with Crippen LogP contribution in [-0.2, 0) is 6.54 Å². The number of pyridine rings is 1. The minimum atomic E-state index is 0.120. The Morgan fingerprint density at radius 1 is 1.26 bits per heavy atom. The second-order valence-corrected chi connectivity index (χ2v) is 6.81. The van der Waals surface area contributed by atoms with Crippen LogP contribution in [0, 0.1) is 0 Å². The van der Waals surface area contributed by atoms with Crippen LogP contribution >= 0.6 is 15.9 Å². The number of hydrogen-bond donors (Lipinski definition) is 0. The maximum absolute atomic E-state index is 13.0. The molecule has 120 valence electrons. The van der Waals surface area contributed by atoms with E-state index < -0.39 is 0 Å². The van der Waals surface area contributed by atoms with Crippen LogP contribution in [0.3, 0.4) is 0 Å². The van der Waals surface area contributed by atoms with Crippen molar-refractivity contribution < 1.29 is 9.36 Å². The number of amides is 1. The minimum Gasteiger partial charge on any atom is -0.331 e. The van der Waals surface area contributed by atoms with E-state index in [0.29, 0.717) is 0 Å². The van der Waals surface area contributed by atoms with E-state index in [2.05, 4.69) is 51.9 Å². The van der Waals surface area contributed by atoms with Crippen LogP contribution in [0.1, 0.15) is 48.1 Å². The molecule has 0 bridgehead atoms. The van der Waals surface area contributed by atoms with Crippen molar-refractivity contribution in [2.75, 3.05) is 6.54 Å². The fourth-order valence-electron chi connectivity index (χ4n) is 3.25. The highest BCUT2D eigenvalue weighted by atomic mass is 79.9. The Hall–Kier alpha value is -1.68. The fourth-order valence-corrected chi connectivity index (χ4v) is 3.70. The van der Waals surface area contributed by atoms with Gasteiger partial charge >= 0.3 is 0 Å². The van der Waals surface area contributed by atoms with E-state index in [1.165, 1.54) is 12.0 Å². The van der Waals surface area contributed by atoms with Crippen LogP contribution in [0.5, 0.6) is 0 Å². The molecule has 2 heterocycles. The first-order valence-corrected chi connectivity index (χ1v) is 9.04. The summed E-state index contributed by atoms with van der Waals surface area (Å²) < 4.78 is 3.04. The van der Waals surface area contributed by atoms with Gasteiger partial charge in [0.2, 0.25) is 0 Å². The van der Waals surface area contributed by atoms with Crippen molar-refractivity contribution in [3.63, 3.8) is 0 Å².